The third-order valence-corrected chi connectivity index (χ3v) is 1.32. The van der Waals surface area contributed by atoms with Gasteiger partial charge in [-0.05, 0) is 18.2 Å². The van der Waals surface area contributed by atoms with Crippen molar-refractivity contribution in [1.82, 2.24) is 0 Å². The van der Waals surface area contributed by atoms with E-state index in [0.29, 0.717) is 15.7 Å². The summed E-state index contributed by atoms with van der Waals surface area (Å²) >= 11 is 11.2. The van der Waals surface area contributed by atoms with Crippen LogP contribution in [0.4, 0.5) is 5.69 Å². The third kappa shape index (κ3) is 3.66. The molecule has 0 aliphatic heterocycles. The lowest BCUT2D eigenvalue weighted by atomic mass is 10.3. The summed E-state index contributed by atoms with van der Waals surface area (Å²) in [6, 6.07) is 4.93. The maximum absolute atomic E-state index is 6.00. The summed E-state index contributed by atoms with van der Waals surface area (Å²) in [4.78, 5) is 0. The Morgan fingerprint density at radius 2 is 1.36 bits per heavy atom. The van der Waals surface area contributed by atoms with E-state index < -0.39 is 0 Å². The van der Waals surface area contributed by atoms with Gasteiger partial charge in [0.15, 0.2) is 0 Å². The third-order valence-electron chi connectivity index (χ3n) is 0.885. The van der Waals surface area contributed by atoms with E-state index in [1.807, 2.05) is 0 Å². The lowest BCUT2D eigenvalue weighted by molar-refractivity contribution is 1.15. The molecule has 11 heavy (non-hydrogen) atoms. The number of nitrogens with zero attached hydrogens (tertiary/aromatic N) is 2. The normalized spacial score (nSPS) is 8.00. The molecule has 0 saturated carbocycles. The van der Waals surface area contributed by atoms with Crippen LogP contribution in [0.3, 0.4) is 0 Å². The van der Waals surface area contributed by atoms with Crippen molar-refractivity contribution in [2.45, 2.75) is 0 Å². The van der Waals surface area contributed by atoms with Gasteiger partial charge in [-0.25, -0.2) is 0 Å². The Bertz CT molecular complexity index is 209. The standard InChI is InChI=1S/C6H5Cl2N.N2/c7-4-1-5(8)3-6(9)2-4;1-2/h1-3H,9H2;. The van der Waals surface area contributed by atoms with E-state index >= 15 is 0 Å². The van der Waals surface area contributed by atoms with Crippen molar-refractivity contribution in [2.24, 2.45) is 0 Å². The molecule has 2 N–H and O–H groups in total. The summed E-state index contributed by atoms with van der Waals surface area (Å²) in [5.74, 6) is 0. The Balaban J connectivity index is 0.000000461. The molecule has 0 bridgehead atoms. The van der Waals surface area contributed by atoms with Gasteiger partial charge in [0.05, 0.1) is 0 Å². The number of nitrogen functional groups attached to an aromatic ring is 1. The summed E-state index contributed by atoms with van der Waals surface area (Å²) in [5.41, 5.74) is 5.98. The summed E-state index contributed by atoms with van der Waals surface area (Å²) in [6.07, 6.45) is 0. The Morgan fingerprint density at radius 3 is 1.64 bits per heavy atom. The number of benzene rings is 1. The first-order valence-electron chi connectivity index (χ1n) is 2.60. The molecule has 3 nitrogen and oxygen atoms in total. The molecule has 0 heterocycles. The highest BCUT2D eigenvalue weighted by Gasteiger charge is 1.91. The average molecular weight is 190 g/mol. The zero-order valence-electron chi connectivity index (χ0n) is 5.46. The predicted octanol–water partition coefficient (Wildman–Crippen LogP) is 2.61. The van der Waals surface area contributed by atoms with Crippen molar-refractivity contribution in [1.29, 1.82) is 10.8 Å². The lowest BCUT2D eigenvalue weighted by Gasteiger charge is -1.93. The first-order chi connectivity index (χ1) is 5.18. The van der Waals surface area contributed by atoms with E-state index in [0.717, 1.165) is 0 Å². The molecule has 0 saturated heterocycles. The van der Waals surface area contributed by atoms with Crippen molar-refractivity contribution in [3.63, 3.8) is 0 Å². The molecule has 0 unspecified atom stereocenters. The predicted molar refractivity (Wildman–Crippen MR) is 44.3 cm³/mol. The minimum atomic E-state index is 0.569. The van der Waals surface area contributed by atoms with Crippen LogP contribution in [0.2, 0.25) is 10.0 Å². The van der Waals surface area contributed by atoms with Crippen molar-refractivity contribution >= 4 is 28.9 Å². The summed E-state index contributed by atoms with van der Waals surface area (Å²) in [7, 11) is 0. The van der Waals surface area contributed by atoms with Crippen LogP contribution in [0, 0.1) is 10.8 Å². The van der Waals surface area contributed by atoms with Crippen molar-refractivity contribution in [3.8, 4) is 0 Å². The monoisotopic (exact) mass is 189 g/mol. The molecule has 0 atom stereocenters. The topological polar surface area (TPSA) is 73.6 Å². The molecule has 1 aromatic carbocycles. The second-order valence-electron chi connectivity index (χ2n) is 1.70. The van der Waals surface area contributed by atoms with Crippen LogP contribution >= 0.6 is 23.2 Å². The maximum Gasteiger partial charge on any atom is 0.0441 e. The number of halogens is 2. The van der Waals surface area contributed by atoms with Crippen LogP contribution in [0.25, 0.3) is 0 Å². The Kier molecular flexibility index (Phi) is 4.35. The van der Waals surface area contributed by atoms with Gasteiger partial charge in [-0.2, -0.15) is 0 Å². The van der Waals surface area contributed by atoms with E-state index in [1.165, 1.54) is 0 Å². The van der Waals surface area contributed by atoms with E-state index in [-0.39, 0.29) is 0 Å². The quantitative estimate of drug-likeness (QED) is 0.504. The molecule has 5 heteroatoms. The molecule has 1 aromatic rings. The average Bonchev–Trinajstić information content (AvgIpc) is 1.88. The van der Waals surface area contributed by atoms with Gasteiger partial charge in [0.2, 0.25) is 0 Å². The molecule has 1 rings (SSSR count). The van der Waals surface area contributed by atoms with Gasteiger partial charge in [0.25, 0.3) is 0 Å². The van der Waals surface area contributed by atoms with Gasteiger partial charge in [0, 0.05) is 26.5 Å². The largest absolute Gasteiger partial charge is 0.399 e. The van der Waals surface area contributed by atoms with Gasteiger partial charge in [0.1, 0.15) is 0 Å². The highest BCUT2D eigenvalue weighted by molar-refractivity contribution is 6.35. The smallest absolute Gasteiger partial charge is 0.0441 e. The minimum Gasteiger partial charge on any atom is -0.399 e. The first kappa shape index (κ1) is 10.0. The maximum atomic E-state index is 6.00. The molecule has 0 aliphatic carbocycles. The zero-order chi connectivity index (χ0) is 8.85. The number of hydrogen-bond donors (Lipinski definition) is 1. The van der Waals surface area contributed by atoms with Gasteiger partial charge >= 0.3 is 0 Å². The highest BCUT2D eigenvalue weighted by atomic mass is 35.5. The van der Waals surface area contributed by atoms with E-state index in [1.54, 1.807) is 18.2 Å². The Labute approximate surface area is 74.1 Å². The van der Waals surface area contributed by atoms with Gasteiger partial charge < -0.3 is 5.73 Å². The number of anilines is 1. The zero-order valence-corrected chi connectivity index (χ0v) is 6.97. The second-order valence-corrected chi connectivity index (χ2v) is 2.58. The van der Waals surface area contributed by atoms with Crippen LogP contribution < -0.4 is 5.73 Å². The number of nitrogens with two attached hydrogens (primary N) is 1. The molecular weight excluding hydrogens is 185 g/mol. The summed E-state index contributed by atoms with van der Waals surface area (Å²) < 4.78 is 0. The molecule has 0 radical (unpaired) electrons. The van der Waals surface area contributed by atoms with Crippen LogP contribution in [-0.4, -0.2) is 0 Å². The van der Waals surface area contributed by atoms with Gasteiger partial charge in [-0.3, -0.25) is 0 Å². The minimum absolute atomic E-state index is 0.569. The van der Waals surface area contributed by atoms with Crippen LogP contribution in [0.5, 0.6) is 0 Å². The van der Waals surface area contributed by atoms with Crippen LogP contribution in [0.15, 0.2) is 18.2 Å². The fourth-order valence-corrected chi connectivity index (χ4v) is 1.12. The second kappa shape index (κ2) is 4.78. The highest BCUT2D eigenvalue weighted by Crippen LogP contribution is 2.19. The Hall–Kier alpha value is -0.980. The van der Waals surface area contributed by atoms with Crippen LogP contribution in [0.1, 0.15) is 0 Å². The molecule has 0 spiro atoms. The fraction of sp³-hybridized carbons (Fsp3) is 0. The summed E-state index contributed by atoms with van der Waals surface area (Å²) in [6.45, 7) is 0. The van der Waals surface area contributed by atoms with Gasteiger partial charge in [-0.1, -0.05) is 23.2 Å². The van der Waals surface area contributed by atoms with Crippen molar-refractivity contribution < 1.29 is 0 Å². The molecule has 0 aromatic heterocycles. The fourth-order valence-electron chi connectivity index (χ4n) is 0.575. The van der Waals surface area contributed by atoms with Crippen molar-refractivity contribution in [2.75, 3.05) is 5.73 Å². The molecule has 58 valence electrons. The Morgan fingerprint density at radius 1 is 1.00 bits per heavy atom. The van der Waals surface area contributed by atoms with Gasteiger partial charge in [-0.15, -0.1) is 0 Å². The summed E-state index contributed by atoms with van der Waals surface area (Å²) in [5, 5.41) is 13.1. The van der Waals surface area contributed by atoms with E-state index in [9.17, 15) is 0 Å². The lowest BCUT2D eigenvalue weighted by Crippen LogP contribution is -1.82. The SMILES string of the molecule is N#N.Nc1cc(Cl)cc(Cl)c1. The molecular formula is C6H5Cl2N3. The number of rotatable bonds is 0. The van der Waals surface area contributed by atoms with E-state index in [4.69, 9.17) is 39.7 Å². The number of hydrogen-bond acceptors (Lipinski definition) is 3. The molecule has 0 amide bonds. The van der Waals surface area contributed by atoms with Crippen molar-refractivity contribution in [3.05, 3.63) is 28.2 Å². The first-order valence-corrected chi connectivity index (χ1v) is 3.35. The van der Waals surface area contributed by atoms with E-state index in [2.05, 4.69) is 0 Å². The molecule has 0 aliphatic rings. The van der Waals surface area contributed by atoms with Crippen LogP contribution in [-0.2, 0) is 0 Å². The molecule has 0 fully saturated rings.